The quantitative estimate of drug-likeness (QED) is 0.565. The van der Waals surface area contributed by atoms with Crippen LogP contribution in [0.15, 0.2) is 11.0 Å². The van der Waals surface area contributed by atoms with E-state index in [2.05, 4.69) is 0 Å². The Morgan fingerprint density at radius 3 is 2.33 bits per heavy atom. The molecule has 0 saturated carbocycles. The van der Waals surface area contributed by atoms with Crippen LogP contribution in [0.4, 0.5) is 0 Å². The first-order valence-electron chi connectivity index (χ1n) is 3.02. The van der Waals surface area contributed by atoms with Crippen molar-refractivity contribution in [2.75, 3.05) is 5.75 Å². The van der Waals surface area contributed by atoms with Gasteiger partial charge in [-0.15, -0.1) is 11.8 Å². The molecule has 0 aromatic heterocycles. The fraction of sp³-hybridized carbons (Fsp3) is 0.571. The highest BCUT2D eigenvalue weighted by Gasteiger charge is 1.98. The molecule has 2 heteroatoms. The molecule has 0 radical (unpaired) electrons. The second kappa shape index (κ2) is 4.62. The standard InChI is InChI=1S/C7H12OS/c1-4-7(6(3)8)9-5-2/h4H,5H2,1-3H3/b7-4-. The second-order valence-electron chi connectivity index (χ2n) is 1.64. The first-order valence-corrected chi connectivity index (χ1v) is 4.01. The number of hydrogen-bond acceptors (Lipinski definition) is 2. The van der Waals surface area contributed by atoms with E-state index in [1.165, 1.54) is 0 Å². The van der Waals surface area contributed by atoms with Crippen LogP contribution in [0, 0.1) is 0 Å². The lowest BCUT2D eigenvalue weighted by atomic mass is 10.4. The summed E-state index contributed by atoms with van der Waals surface area (Å²) in [6.07, 6.45) is 1.86. The largest absolute Gasteiger partial charge is 0.294 e. The molecule has 0 N–H and O–H groups in total. The molecule has 0 spiro atoms. The second-order valence-corrected chi connectivity index (χ2v) is 2.95. The van der Waals surface area contributed by atoms with Gasteiger partial charge in [0.15, 0.2) is 5.78 Å². The van der Waals surface area contributed by atoms with Crippen molar-refractivity contribution < 1.29 is 4.79 Å². The predicted molar refractivity (Wildman–Crippen MR) is 42.6 cm³/mol. The van der Waals surface area contributed by atoms with Crippen LogP contribution in [0.1, 0.15) is 20.8 Å². The maximum atomic E-state index is 10.7. The highest BCUT2D eigenvalue weighted by Crippen LogP contribution is 2.14. The van der Waals surface area contributed by atoms with E-state index in [1.807, 2.05) is 19.9 Å². The third-order valence-electron chi connectivity index (χ3n) is 0.909. The van der Waals surface area contributed by atoms with Crippen LogP contribution in [-0.4, -0.2) is 11.5 Å². The molecule has 0 aromatic rings. The Labute approximate surface area is 60.5 Å². The minimum atomic E-state index is 0.171. The first-order chi connectivity index (χ1) is 4.22. The van der Waals surface area contributed by atoms with Crippen molar-refractivity contribution >= 4 is 17.5 Å². The zero-order valence-electron chi connectivity index (χ0n) is 6.10. The third kappa shape index (κ3) is 3.36. The summed E-state index contributed by atoms with van der Waals surface area (Å²) in [7, 11) is 0. The number of hydrogen-bond donors (Lipinski definition) is 0. The molecular formula is C7H12OS. The molecule has 0 unspecified atom stereocenters. The van der Waals surface area contributed by atoms with Gasteiger partial charge in [-0.2, -0.15) is 0 Å². The van der Waals surface area contributed by atoms with Gasteiger partial charge in [0, 0.05) is 4.91 Å². The smallest absolute Gasteiger partial charge is 0.165 e. The van der Waals surface area contributed by atoms with E-state index in [9.17, 15) is 4.79 Å². The summed E-state index contributed by atoms with van der Waals surface area (Å²) >= 11 is 1.60. The van der Waals surface area contributed by atoms with Gasteiger partial charge in [-0.1, -0.05) is 13.0 Å². The summed E-state index contributed by atoms with van der Waals surface area (Å²) in [6.45, 7) is 5.52. The van der Waals surface area contributed by atoms with Crippen molar-refractivity contribution in [1.82, 2.24) is 0 Å². The highest BCUT2D eigenvalue weighted by atomic mass is 32.2. The fourth-order valence-electron chi connectivity index (χ4n) is 0.544. The van der Waals surface area contributed by atoms with Gasteiger partial charge in [-0.05, 0) is 19.6 Å². The zero-order chi connectivity index (χ0) is 7.28. The SMILES string of the molecule is C/C=C(\SCC)C(C)=O. The Kier molecular flexibility index (Phi) is 4.50. The van der Waals surface area contributed by atoms with Crippen LogP contribution in [0.25, 0.3) is 0 Å². The molecule has 0 aromatic carbocycles. The van der Waals surface area contributed by atoms with E-state index < -0.39 is 0 Å². The Morgan fingerprint density at radius 2 is 2.22 bits per heavy atom. The van der Waals surface area contributed by atoms with Gasteiger partial charge in [0.2, 0.25) is 0 Å². The summed E-state index contributed by atoms with van der Waals surface area (Å²) < 4.78 is 0. The van der Waals surface area contributed by atoms with Crippen molar-refractivity contribution in [3.05, 3.63) is 11.0 Å². The molecule has 0 fully saturated rings. The van der Waals surface area contributed by atoms with Crippen molar-refractivity contribution in [2.45, 2.75) is 20.8 Å². The Balaban J connectivity index is 3.85. The van der Waals surface area contributed by atoms with E-state index in [0.29, 0.717) is 0 Å². The number of carbonyl (C=O) groups is 1. The summed E-state index contributed by atoms with van der Waals surface area (Å²) in [6, 6.07) is 0. The zero-order valence-corrected chi connectivity index (χ0v) is 6.92. The number of rotatable bonds is 3. The number of Topliss-reactive ketones (excluding diaryl/α,β-unsaturated/α-hetero) is 1. The molecule has 0 rings (SSSR count). The lowest BCUT2D eigenvalue weighted by Gasteiger charge is -1.96. The van der Waals surface area contributed by atoms with Crippen LogP contribution >= 0.6 is 11.8 Å². The van der Waals surface area contributed by atoms with Crippen LogP contribution in [0.2, 0.25) is 0 Å². The fourth-order valence-corrected chi connectivity index (χ4v) is 1.22. The maximum absolute atomic E-state index is 10.7. The molecule has 0 bridgehead atoms. The monoisotopic (exact) mass is 144 g/mol. The average molecular weight is 144 g/mol. The lowest BCUT2D eigenvalue weighted by molar-refractivity contribution is -0.112. The molecule has 0 heterocycles. The summed E-state index contributed by atoms with van der Waals surface area (Å²) in [4.78, 5) is 11.5. The molecule has 0 atom stereocenters. The third-order valence-corrected chi connectivity index (χ3v) is 2.03. The van der Waals surface area contributed by atoms with Crippen molar-refractivity contribution in [3.63, 3.8) is 0 Å². The Morgan fingerprint density at radius 1 is 1.67 bits per heavy atom. The van der Waals surface area contributed by atoms with Crippen LogP contribution < -0.4 is 0 Å². The van der Waals surface area contributed by atoms with Gasteiger partial charge in [-0.3, -0.25) is 4.79 Å². The van der Waals surface area contributed by atoms with E-state index in [1.54, 1.807) is 18.7 Å². The molecule has 0 aliphatic carbocycles. The van der Waals surface area contributed by atoms with Gasteiger partial charge in [0.05, 0.1) is 0 Å². The summed E-state index contributed by atoms with van der Waals surface area (Å²) in [5, 5.41) is 0. The number of ketones is 1. The van der Waals surface area contributed by atoms with Gasteiger partial charge >= 0.3 is 0 Å². The Bertz CT molecular complexity index is 127. The minimum absolute atomic E-state index is 0.171. The first kappa shape index (κ1) is 8.76. The molecule has 0 amide bonds. The van der Waals surface area contributed by atoms with Crippen molar-refractivity contribution in [2.24, 2.45) is 0 Å². The maximum Gasteiger partial charge on any atom is 0.165 e. The number of thioether (sulfide) groups is 1. The van der Waals surface area contributed by atoms with E-state index >= 15 is 0 Å². The normalized spacial score (nSPS) is 11.7. The lowest BCUT2D eigenvalue weighted by Crippen LogP contribution is -1.91. The molecule has 1 nitrogen and oxygen atoms in total. The van der Waals surface area contributed by atoms with Crippen molar-refractivity contribution in [1.29, 1.82) is 0 Å². The molecule has 0 saturated heterocycles. The van der Waals surface area contributed by atoms with Gasteiger partial charge in [0.1, 0.15) is 0 Å². The number of allylic oxidation sites excluding steroid dienone is 2. The topological polar surface area (TPSA) is 17.1 Å². The van der Waals surface area contributed by atoms with E-state index in [0.717, 1.165) is 10.7 Å². The van der Waals surface area contributed by atoms with Crippen molar-refractivity contribution in [3.8, 4) is 0 Å². The minimum Gasteiger partial charge on any atom is -0.294 e. The summed E-state index contributed by atoms with van der Waals surface area (Å²) in [5.41, 5.74) is 0. The van der Waals surface area contributed by atoms with Gasteiger partial charge in [0.25, 0.3) is 0 Å². The molecule has 0 aliphatic rings. The molecular weight excluding hydrogens is 132 g/mol. The molecule has 52 valence electrons. The Hall–Kier alpha value is -0.240. The van der Waals surface area contributed by atoms with E-state index in [-0.39, 0.29) is 5.78 Å². The number of carbonyl (C=O) groups excluding carboxylic acids is 1. The van der Waals surface area contributed by atoms with Crippen LogP contribution in [0.5, 0.6) is 0 Å². The van der Waals surface area contributed by atoms with Crippen LogP contribution in [0.3, 0.4) is 0 Å². The van der Waals surface area contributed by atoms with E-state index in [4.69, 9.17) is 0 Å². The predicted octanol–water partition coefficient (Wildman–Crippen LogP) is 2.23. The van der Waals surface area contributed by atoms with Gasteiger partial charge in [-0.25, -0.2) is 0 Å². The summed E-state index contributed by atoms with van der Waals surface area (Å²) in [5.74, 6) is 1.14. The highest BCUT2D eigenvalue weighted by molar-refractivity contribution is 8.03. The van der Waals surface area contributed by atoms with Crippen LogP contribution in [-0.2, 0) is 4.79 Å². The van der Waals surface area contributed by atoms with Gasteiger partial charge < -0.3 is 0 Å². The molecule has 9 heavy (non-hydrogen) atoms. The molecule has 0 aliphatic heterocycles. The average Bonchev–Trinajstić information content (AvgIpc) is 1.82.